The monoisotopic (exact) mass is 691 g/mol. The molecule has 9 nitrogen and oxygen atoms in total. The molecule has 6 rings (SSSR count). The Hall–Kier alpha value is -4.88. The van der Waals surface area contributed by atoms with Gasteiger partial charge in [-0.2, -0.15) is 5.26 Å². The maximum absolute atomic E-state index is 9.77. The smallest absolute Gasteiger partial charge is 0.143 e. The molecule has 0 unspecified atom stereocenters. The first-order valence-corrected chi connectivity index (χ1v) is 17.3. The first-order valence-electron chi connectivity index (χ1n) is 16.9. The van der Waals surface area contributed by atoms with Gasteiger partial charge in [0.15, 0.2) is 0 Å². The first-order chi connectivity index (χ1) is 24.3. The molecule has 2 aromatic heterocycles. The zero-order chi connectivity index (χ0) is 35.0. The third-order valence-corrected chi connectivity index (χ3v) is 9.55. The van der Waals surface area contributed by atoms with Crippen LogP contribution in [0.5, 0.6) is 17.2 Å². The van der Waals surface area contributed by atoms with E-state index in [1.54, 1.807) is 24.5 Å². The minimum atomic E-state index is -0.153. The van der Waals surface area contributed by atoms with Crippen LogP contribution >= 0.6 is 11.6 Å². The molecule has 258 valence electrons. The third-order valence-electron chi connectivity index (χ3n) is 9.25. The molecule has 0 aliphatic carbocycles. The van der Waals surface area contributed by atoms with Crippen LogP contribution in [0.4, 0.5) is 0 Å². The van der Waals surface area contributed by atoms with Gasteiger partial charge in [-0.25, -0.2) is 4.98 Å². The van der Waals surface area contributed by atoms with Crippen molar-refractivity contribution in [2.24, 2.45) is 7.05 Å². The van der Waals surface area contributed by atoms with Crippen molar-refractivity contribution in [3.8, 4) is 45.8 Å². The highest BCUT2D eigenvalue weighted by Gasteiger charge is 2.19. The van der Waals surface area contributed by atoms with Gasteiger partial charge in [0.25, 0.3) is 0 Å². The quantitative estimate of drug-likeness (QED) is 0.125. The zero-order valence-corrected chi connectivity index (χ0v) is 29.5. The number of halogens is 1. The Kier molecular flexibility index (Phi) is 11.3. The second kappa shape index (κ2) is 16.2. The Labute approximate surface area is 298 Å². The Morgan fingerprint density at radius 2 is 1.66 bits per heavy atom. The lowest BCUT2D eigenvalue weighted by Crippen LogP contribution is -2.36. The van der Waals surface area contributed by atoms with E-state index in [9.17, 15) is 10.4 Å². The fraction of sp³-hybridized carbons (Fsp3) is 0.325. The van der Waals surface area contributed by atoms with E-state index in [0.717, 1.165) is 83.6 Å². The molecule has 0 radical (unpaired) electrons. The summed E-state index contributed by atoms with van der Waals surface area (Å²) in [6.45, 7) is 8.24. The molecule has 3 aromatic carbocycles. The third kappa shape index (κ3) is 8.28. The van der Waals surface area contributed by atoms with Crippen molar-refractivity contribution in [3.63, 3.8) is 0 Å². The lowest BCUT2D eigenvalue weighted by atomic mass is 9.93. The van der Waals surface area contributed by atoms with Crippen molar-refractivity contribution in [2.75, 3.05) is 26.2 Å². The largest absolute Gasteiger partial charge is 0.493 e. The van der Waals surface area contributed by atoms with Gasteiger partial charge >= 0.3 is 0 Å². The van der Waals surface area contributed by atoms with E-state index < -0.39 is 0 Å². The van der Waals surface area contributed by atoms with Crippen LogP contribution in [-0.4, -0.2) is 56.9 Å². The Balaban J connectivity index is 1.17. The number of rotatable bonds is 13. The number of aromatic nitrogens is 3. The Morgan fingerprint density at radius 3 is 2.42 bits per heavy atom. The zero-order valence-electron chi connectivity index (χ0n) is 28.7. The normalized spacial score (nSPS) is 13.6. The van der Waals surface area contributed by atoms with Gasteiger partial charge in [-0.3, -0.25) is 4.98 Å². The summed E-state index contributed by atoms with van der Waals surface area (Å²) < 4.78 is 20.8. The molecule has 1 N–H and O–H groups in total. The molecule has 50 heavy (non-hydrogen) atoms. The topological polar surface area (TPSA) is 106 Å². The molecule has 1 saturated heterocycles. The molecule has 0 spiro atoms. The molecule has 0 saturated carbocycles. The van der Waals surface area contributed by atoms with Crippen LogP contribution in [0.25, 0.3) is 22.5 Å². The second-order valence-corrected chi connectivity index (χ2v) is 13.1. The number of ether oxygens (including phenoxy) is 3. The number of hydrogen-bond acceptors (Lipinski definition) is 8. The molecule has 5 aromatic rings. The van der Waals surface area contributed by atoms with Gasteiger partial charge in [0.1, 0.15) is 42.4 Å². The van der Waals surface area contributed by atoms with E-state index in [1.165, 1.54) is 6.20 Å². The summed E-state index contributed by atoms with van der Waals surface area (Å²) in [7, 11) is 1.91. The maximum atomic E-state index is 9.77. The molecular weight excluding hydrogens is 650 g/mol. The highest BCUT2D eigenvalue weighted by atomic mass is 35.5. The van der Waals surface area contributed by atoms with Crippen LogP contribution in [0.1, 0.15) is 47.1 Å². The minimum absolute atomic E-state index is 0.153. The van der Waals surface area contributed by atoms with E-state index in [4.69, 9.17) is 25.8 Å². The summed E-state index contributed by atoms with van der Waals surface area (Å²) in [5, 5.41) is 19.5. The van der Waals surface area contributed by atoms with Crippen LogP contribution < -0.4 is 14.2 Å². The van der Waals surface area contributed by atoms with Crippen molar-refractivity contribution in [1.82, 2.24) is 19.4 Å². The van der Waals surface area contributed by atoms with Crippen LogP contribution in [0, 0.1) is 25.2 Å². The molecular formula is C40H42ClN5O4. The average molecular weight is 692 g/mol. The van der Waals surface area contributed by atoms with Crippen molar-refractivity contribution in [3.05, 3.63) is 112 Å². The summed E-state index contributed by atoms with van der Waals surface area (Å²) in [4.78, 5) is 11.1. The van der Waals surface area contributed by atoms with Gasteiger partial charge in [0, 0.05) is 63.1 Å². The second-order valence-electron chi connectivity index (χ2n) is 12.7. The number of nitriles is 1. The Morgan fingerprint density at radius 1 is 0.900 bits per heavy atom. The van der Waals surface area contributed by atoms with Crippen LogP contribution in [0.2, 0.25) is 5.02 Å². The summed E-state index contributed by atoms with van der Waals surface area (Å²) in [5.74, 6) is 2.62. The van der Waals surface area contributed by atoms with Crippen molar-refractivity contribution in [1.29, 1.82) is 5.26 Å². The van der Waals surface area contributed by atoms with Gasteiger partial charge in [-0.15, -0.1) is 0 Å². The molecule has 1 fully saturated rings. The number of aryl methyl sites for hydroxylation is 1. The van der Waals surface area contributed by atoms with Gasteiger partial charge in [-0.1, -0.05) is 41.9 Å². The van der Waals surface area contributed by atoms with Crippen LogP contribution in [-0.2, 0) is 20.3 Å². The number of aliphatic hydroxyl groups is 1. The van der Waals surface area contributed by atoms with Crippen molar-refractivity contribution >= 4 is 11.6 Å². The predicted molar refractivity (Wildman–Crippen MR) is 194 cm³/mol. The number of nitrogens with zero attached hydrogens (tertiary/aromatic N) is 5. The van der Waals surface area contributed by atoms with E-state index in [2.05, 4.69) is 53.0 Å². The minimum Gasteiger partial charge on any atom is -0.493 e. The summed E-state index contributed by atoms with van der Waals surface area (Å²) in [6, 6.07) is 19.9. The molecule has 0 bridgehead atoms. The fourth-order valence-corrected chi connectivity index (χ4v) is 6.53. The molecule has 10 heteroatoms. The summed E-state index contributed by atoms with van der Waals surface area (Å²) in [6.07, 6.45) is 9.27. The van der Waals surface area contributed by atoms with E-state index in [-0.39, 0.29) is 12.7 Å². The van der Waals surface area contributed by atoms with E-state index >= 15 is 0 Å². The maximum Gasteiger partial charge on any atom is 0.143 e. The number of aliphatic hydroxyl groups excluding tert-OH is 1. The number of benzene rings is 3. The molecule has 0 amide bonds. The highest BCUT2D eigenvalue weighted by molar-refractivity contribution is 6.32. The molecule has 0 atom stereocenters. The number of imidazole rings is 1. The highest BCUT2D eigenvalue weighted by Crippen LogP contribution is 2.39. The molecule has 3 heterocycles. The number of hydrogen-bond donors (Lipinski definition) is 1. The molecule has 1 aliphatic rings. The lowest BCUT2D eigenvalue weighted by Gasteiger charge is -2.29. The van der Waals surface area contributed by atoms with Crippen LogP contribution in [0.15, 0.2) is 79.4 Å². The van der Waals surface area contributed by atoms with Crippen LogP contribution in [0.3, 0.4) is 0 Å². The van der Waals surface area contributed by atoms with Gasteiger partial charge in [0.2, 0.25) is 0 Å². The number of piperidine rings is 1. The summed E-state index contributed by atoms with van der Waals surface area (Å²) >= 11 is 6.81. The van der Waals surface area contributed by atoms with Gasteiger partial charge < -0.3 is 28.8 Å². The number of pyridine rings is 1. The van der Waals surface area contributed by atoms with Crippen molar-refractivity contribution in [2.45, 2.75) is 52.4 Å². The average Bonchev–Trinajstić information content (AvgIpc) is 3.56. The van der Waals surface area contributed by atoms with Gasteiger partial charge in [0.05, 0.1) is 28.9 Å². The first kappa shape index (κ1) is 35.0. The SMILES string of the molecule is Cc1c(COc2cc(OCc3cncc(C#N)c3)c(-c3nccn3C)cc2Cl)cccc1-c1cccc(OCCCN2CCC(O)CC2)c1C. The number of likely N-dealkylation sites (tertiary alicyclic amines) is 1. The van der Waals surface area contributed by atoms with Gasteiger partial charge in [-0.05, 0) is 79.1 Å². The predicted octanol–water partition coefficient (Wildman–Crippen LogP) is 7.67. The fourth-order valence-electron chi connectivity index (χ4n) is 6.32. The van der Waals surface area contributed by atoms with Crippen molar-refractivity contribution < 1.29 is 19.3 Å². The van der Waals surface area contributed by atoms with E-state index in [0.29, 0.717) is 41.1 Å². The van der Waals surface area contributed by atoms with E-state index in [1.807, 2.05) is 42.1 Å². The Bertz CT molecular complexity index is 1980. The standard InChI is InChI=1S/C40H42ClN5O4/c1-27-31(7-4-8-33(27)34-9-5-10-37(28(34)2)48-18-6-14-46-15-11-32(47)12-16-46)26-50-39-21-38(49-25-30-19-29(22-42)23-43-24-30)35(20-36(39)41)40-44-13-17-45(40)3/h4-5,7-10,13,17,19-21,23-24,32,47H,6,11-12,14-16,18,25-26H2,1-3H3. The molecule has 1 aliphatic heterocycles. The summed E-state index contributed by atoms with van der Waals surface area (Å²) in [5.41, 5.74) is 7.44. The lowest BCUT2D eigenvalue weighted by molar-refractivity contribution is 0.0800.